The molecule has 1 heterocycles. The lowest BCUT2D eigenvalue weighted by Crippen LogP contribution is -2.37. The molecule has 0 saturated carbocycles. The fourth-order valence-corrected chi connectivity index (χ4v) is 3.52. The number of aliphatic hydroxyl groups is 1. The fraction of sp³-hybridized carbons (Fsp3) is 0.455. The normalized spacial score (nSPS) is 19.7. The van der Waals surface area contributed by atoms with Crippen molar-refractivity contribution in [3.63, 3.8) is 0 Å². The Labute approximate surface area is 95.6 Å². The average Bonchev–Trinajstić information content (AvgIpc) is 2.28. The van der Waals surface area contributed by atoms with Gasteiger partial charge in [-0.3, -0.25) is 4.31 Å². The molecule has 1 fully saturated rings. The highest BCUT2D eigenvalue weighted by molar-refractivity contribution is 7.92. The standard InChI is InChI=1S/C11H15NO3S/c13-9-10-4-3-5-11(8-10)12-6-1-2-7-16(12,14)15/h3-5,8,13H,1-2,6-7,9H2. The smallest absolute Gasteiger partial charge is 0.235 e. The molecular weight excluding hydrogens is 226 g/mol. The molecule has 0 spiro atoms. The summed E-state index contributed by atoms with van der Waals surface area (Å²) in [7, 11) is -3.15. The first-order valence-electron chi connectivity index (χ1n) is 5.34. The zero-order valence-corrected chi connectivity index (χ0v) is 9.78. The molecule has 2 rings (SSSR count). The lowest BCUT2D eigenvalue weighted by atomic mass is 10.2. The lowest BCUT2D eigenvalue weighted by Gasteiger charge is -2.28. The van der Waals surface area contributed by atoms with Gasteiger partial charge in [0, 0.05) is 6.54 Å². The molecule has 0 bridgehead atoms. The maximum Gasteiger partial charge on any atom is 0.235 e. The van der Waals surface area contributed by atoms with E-state index in [4.69, 9.17) is 5.11 Å². The average molecular weight is 241 g/mol. The number of sulfonamides is 1. The predicted molar refractivity (Wildman–Crippen MR) is 62.7 cm³/mol. The maximum atomic E-state index is 11.8. The van der Waals surface area contributed by atoms with E-state index < -0.39 is 10.0 Å². The lowest BCUT2D eigenvalue weighted by molar-refractivity contribution is 0.282. The summed E-state index contributed by atoms with van der Waals surface area (Å²) in [5.74, 6) is 0.219. The Kier molecular flexibility index (Phi) is 3.16. The van der Waals surface area contributed by atoms with Crippen LogP contribution < -0.4 is 4.31 Å². The van der Waals surface area contributed by atoms with Crippen molar-refractivity contribution in [3.8, 4) is 0 Å². The summed E-state index contributed by atoms with van der Waals surface area (Å²) in [5.41, 5.74) is 1.39. The van der Waals surface area contributed by atoms with Crippen molar-refractivity contribution in [2.24, 2.45) is 0 Å². The highest BCUT2D eigenvalue weighted by Gasteiger charge is 2.25. The molecule has 88 valence electrons. The summed E-state index contributed by atoms with van der Waals surface area (Å²) in [5, 5.41) is 9.02. The highest BCUT2D eigenvalue weighted by Crippen LogP contribution is 2.24. The number of aliphatic hydroxyl groups excluding tert-OH is 1. The third-order valence-electron chi connectivity index (χ3n) is 2.73. The third kappa shape index (κ3) is 2.20. The van der Waals surface area contributed by atoms with Crippen molar-refractivity contribution in [2.75, 3.05) is 16.6 Å². The molecule has 5 heteroatoms. The molecular formula is C11H15NO3S. The summed E-state index contributed by atoms with van der Waals surface area (Å²) in [6.07, 6.45) is 1.63. The SMILES string of the molecule is O=S1(=O)CCCCN1c1cccc(CO)c1. The summed E-state index contributed by atoms with van der Waals surface area (Å²) in [6, 6.07) is 7.04. The molecule has 1 aliphatic rings. The van der Waals surface area contributed by atoms with Gasteiger partial charge in [0.2, 0.25) is 10.0 Å². The van der Waals surface area contributed by atoms with Gasteiger partial charge in [0.05, 0.1) is 18.0 Å². The van der Waals surface area contributed by atoms with Gasteiger partial charge in [-0.05, 0) is 30.5 Å². The molecule has 1 aliphatic heterocycles. The Bertz CT molecular complexity index is 470. The quantitative estimate of drug-likeness (QED) is 0.843. The molecule has 1 saturated heterocycles. The number of anilines is 1. The first-order valence-corrected chi connectivity index (χ1v) is 6.94. The Morgan fingerprint density at radius 2 is 2.12 bits per heavy atom. The number of nitrogens with zero attached hydrogens (tertiary/aromatic N) is 1. The second-order valence-corrected chi connectivity index (χ2v) is 5.94. The minimum absolute atomic E-state index is 0.0677. The van der Waals surface area contributed by atoms with E-state index in [1.807, 2.05) is 0 Å². The summed E-state index contributed by atoms with van der Waals surface area (Å²) in [4.78, 5) is 0. The third-order valence-corrected chi connectivity index (χ3v) is 4.60. The predicted octanol–water partition coefficient (Wildman–Crippen LogP) is 1.11. The van der Waals surface area contributed by atoms with E-state index in [9.17, 15) is 8.42 Å². The molecule has 0 amide bonds. The van der Waals surface area contributed by atoms with Crippen molar-refractivity contribution in [2.45, 2.75) is 19.4 Å². The van der Waals surface area contributed by atoms with Crippen LogP contribution in [-0.4, -0.2) is 25.8 Å². The summed E-state index contributed by atoms with van der Waals surface area (Å²) in [6.45, 7) is 0.471. The van der Waals surface area contributed by atoms with Gasteiger partial charge in [-0.1, -0.05) is 12.1 Å². The van der Waals surface area contributed by atoms with E-state index in [0.29, 0.717) is 12.2 Å². The Morgan fingerprint density at radius 3 is 2.81 bits per heavy atom. The van der Waals surface area contributed by atoms with Gasteiger partial charge in [0.15, 0.2) is 0 Å². The van der Waals surface area contributed by atoms with E-state index in [1.54, 1.807) is 24.3 Å². The molecule has 0 atom stereocenters. The van der Waals surface area contributed by atoms with Gasteiger partial charge < -0.3 is 5.11 Å². The first-order chi connectivity index (χ1) is 7.63. The monoisotopic (exact) mass is 241 g/mol. The topological polar surface area (TPSA) is 57.6 Å². The van der Waals surface area contributed by atoms with Gasteiger partial charge in [0.25, 0.3) is 0 Å². The van der Waals surface area contributed by atoms with Crippen molar-refractivity contribution in [1.82, 2.24) is 0 Å². The number of rotatable bonds is 2. The molecule has 1 N–H and O–H groups in total. The van der Waals surface area contributed by atoms with Crippen LogP contribution in [0.25, 0.3) is 0 Å². The zero-order chi connectivity index (χ0) is 11.6. The van der Waals surface area contributed by atoms with E-state index in [2.05, 4.69) is 0 Å². The fourth-order valence-electron chi connectivity index (χ4n) is 1.89. The number of benzene rings is 1. The molecule has 0 radical (unpaired) electrons. The largest absolute Gasteiger partial charge is 0.392 e. The Hall–Kier alpha value is -1.07. The van der Waals surface area contributed by atoms with Crippen molar-refractivity contribution in [1.29, 1.82) is 0 Å². The summed E-state index contributed by atoms with van der Waals surface area (Å²) >= 11 is 0. The van der Waals surface area contributed by atoms with Crippen LogP contribution in [0.1, 0.15) is 18.4 Å². The van der Waals surface area contributed by atoms with Crippen LogP contribution in [0, 0.1) is 0 Å². The molecule has 0 unspecified atom stereocenters. The van der Waals surface area contributed by atoms with Crippen LogP contribution in [0.2, 0.25) is 0 Å². The second-order valence-electron chi connectivity index (χ2n) is 3.92. The second kappa shape index (κ2) is 4.43. The van der Waals surface area contributed by atoms with Crippen molar-refractivity contribution in [3.05, 3.63) is 29.8 Å². The zero-order valence-electron chi connectivity index (χ0n) is 8.96. The van der Waals surface area contributed by atoms with Gasteiger partial charge in [0.1, 0.15) is 0 Å². The number of hydrogen-bond donors (Lipinski definition) is 1. The molecule has 16 heavy (non-hydrogen) atoms. The van der Waals surface area contributed by atoms with Crippen LogP contribution in [0.15, 0.2) is 24.3 Å². The van der Waals surface area contributed by atoms with Crippen LogP contribution in [-0.2, 0) is 16.6 Å². The minimum Gasteiger partial charge on any atom is -0.392 e. The van der Waals surface area contributed by atoms with Crippen LogP contribution in [0.4, 0.5) is 5.69 Å². The minimum atomic E-state index is -3.15. The highest BCUT2D eigenvalue weighted by atomic mass is 32.2. The number of hydrogen-bond acceptors (Lipinski definition) is 3. The van der Waals surface area contributed by atoms with Gasteiger partial charge in [-0.2, -0.15) is 0 Å². The molecule has 1 aromatic carbocycles. The van der Waals surface area contributed by atoms with Crippen LogP contribution in [0.5, 0.6) is 0 Å². The van der Waals surface area contributed by atoms with Crippen LogP contribution >= 0.6 is 0 Å². The first kappa shape index (κ1) is 11.4. The Morgan fingerprint density at radius 1 is 1.31 bits per heavy atom. The van der Waals surface area contributed by atoms with Crippen molar-refractivity contribution >= 4 is 15.7 Å². The Balaban J connectivity index is 2.35. The van der Waals surface area contributed by atoms with E-state index in [1.165, 1.54) is 4.31 Å². The summed E-state index contributed by atoms with van der Waals surface area (Å²) < 4.78 is 25.1. The molecule has 0 aromatic heterocycles. The maximum absolute atomic E-state index is 11.8. The van der Waals surface area contributed by atoms with Gasteiger partial charge in [-0.15, -0.1) is 0 Å². The van der Waals surface area contributed by atoms with E-state index in [0.717, 1.165) is 18.4 Å². The van der Waals surface area contributed by atoms with Crippen molar-refractivity contribution < 1.29 is 13.5 Å². The van der Waals surface area contributed by atoms with E-state index >= 15 is 0 Å². The van der Waals surface area contributed by atoms with Crippen LogP contribution in [0.3, 0.4) is 0 Å². The molecule has 4 nitrogen and oxygen atoms in total. The van der Waals surface area contributed by atoms with Gasteiger partial charge >= 0.3 is 0 Å². The molecule has 1 aromatic rings. The van der Waals surface area contributed by atoms with E-state index in [-0.39, 0.29) is 12.4 Å². The van der Waals surface area contributed by atoms with Gasteiger partial charge in [-0.25, -0.2) is 8.42 Å². The molecule has 0 aliphatic carbocycles.